The molecular formula is C16H17ClO3. The molecule has 0 saturated heterocycles. The van der Waals surface area contributed by atoms with E-state index in [4.69, 9.17) is 21.1 Å². The van der Waals surface area contributed by atoms with Crippen molar-refractivity contribution in [2.45, 2.75) is 20.1 Å². The van der Waals surface area contributed by atoms with Crippen LogP contribution >= 0.6 is 11.6 Å². The van der Waals surface area contributed by atoms with Gasteiger partial charge in [0.1, 0.15) is 18.1 Å². The average molecular weight is 293 g/mol. The van der Waals surface area contributed by atoms with Crippen molar-refractivity contribution in [2.24, 2.45) is 0 Å². The third kappa shape index (κ3) is 3.44. The van der Waals surface area contributed by atoms with Crippen LogP contribution in [-0.4, -0.2) is 12.2 Å². The van der Waals surface area contributed by atoms with Crippen molar-refractivity contribution < 1.29 is 14.6 Å². The Kier molecular flexibility index (Phi) is 4.88. The topological polar surface area (TPSA) is 38.7 Å². The molecule has 0 heterocycles. The van der Waals surface area contributed by atoms with E-state index in [1.807, 2.05) is 25.1 Å². The number of hydrogen-bond acceptors (Lipinski definition) is 3. The maximum atomic E-state index is 9.32. The quantitative estimate of drug-likeness (QED) is 0.912. The van der Waals surface area contributed by atoms with Gasteiger partial charge in [-0.1, -0.05) is 23.7 Å². The highest BCUT2D eigenvalue weighted by Crippen LogP contribution is 2.27. The molecule has 0 aliphatic carbocycles. The Bertz CT molecular complexity index is 596. The predicted octanol–water partition coefficient (Wildman–Crippen LogP) is 3.73. The monoisotopic (exact) mass is 292 g/mol. The molecule has 0 atom stereocenters. The van der Waals surface area contributed by atoms with E-state index in [9.17, 15) is 5.11 Å². The summed E-state index contributed by atoms with van der Waals surface area (Å²) < 4.78 is 10.9. The lowest BCUT2D eigenvalue weighted by Crippen LogP contribution is -2.00. The first-order chi connectivity index (χ1) is 9.63. The molecule has 106 valence electrons. The third-order valence-electron chi connectivity index (χ3n) is 3.04. The minimum Gasteiger partial charge on any atom is -0.497 e. The van der Waals surface area contributed by atoms with Crippen molar-refractivity contribution in [3.05, 3.63) is 58.1 Å². The number of rotatable bonds is 5. The van der Waals surface area contributed by atoms with Gasteiger partial charge >= 0.3 is 0 Å². The number of benzene rings is 2. The second-order valence-electron chi connectivity index (χ2n) is 4.52. The molecule has 0 radical (unpaired) electrons. The molecule has 0 aliphatic rings. The van der Waals surface area contributed by atoms with Gasteiger partial charge in [-0.05, 0) is 30.7 Å². The molecule has 2 aromatic rings. The highest BCUT2D eigenvalue weighted by molar-refractivity contribution is 6.31. The van der Waals surface area contributed by atoms with Crippen molar-refractivity contribution >= 4 is 11.6 Å². The van der Waals surface area contributed by atoms with Crippen molar-refractivity contribution in [2.75, 3.05) is 7.11 Å². The molecule has 2 aromatic carbocycles. The normalized spacial score (nSPS) is 10.4. The van der Waals surface area contributed by atoms with E-state index in [0.29, 0.717) is 28.7 Å². The van der Waals surface area contributed by atoms with Gasteiger partial charge in [0.2, 0.25) is 0 Å². The molecular weight excluding hydrogens is 276 g/mol. The SMILES string of the molecule is COc1ccc(CO)c(OCc2ccc(C)cc2Cl)c1. The molecule has 0 saturated carbocycles. The molecule has 0 spiro atoms. The second kappa shape index (κ2) is 6.64. The molecule has 1 N–H and O–H groups in total. The van der Waals surface area contributed by atoms with Crippen molar-refractivity contribution in [1.82, 2.24) is 0 Å². The summed E-state index contributed by atoms with van der Waals surface area (Å²) in [6.45, 7) is 2.25. The van der Waals surface area contributed by atoms with E-state index in [1.165, 1.54) is 0 Å². The number of halogens is 1. The summed E-state index contributed by atoms with van der Waals surface area (Å²) in [6, 6.07) is 11.2. The lowest BCUT2D eigenvalue weighted by Gasteiger charge is -2.12. The van der Waals surface area contributed by atoms with Crippen LogP contribution in [0.3, 0.4) is 0 Å². The Balaban J connectivity index is 2.17. The Hall–Kier alpha value is -1.71. The van der Waals surface area contributed by atoms with Crippen LogP contribution in [0.25, 0.3) is 0 Å². The van der Waals surface area contributed by atoms with E-state index in [-0.39, 0.29) is 6.61 Å². The Morgan fingerprint density at radius 1 is 1.10 bits per heavy atom. The van der Waals surface area contributed by atoms with Crippen LogP contribution in [-0.2, 0) is 13.2 Å². The van der Waals surface area contributed by atoms with Crippen molar-refractivity contribution in [3.63, 3.8) is 0 Å². The van der Waals surface area contributed by atoms with Gasteiger partial charge in [-0.25, -0.2) is 0 Å². The van der Waals surface area contributed by atoms with Gasteiger partial charge in [0.15, 0.2) is 0 Å². The Morgan fingerprint density at radius 3 is 2.50 bits per heavy atom. The average Bonchev–Trinajstić information content (AvgIpc) is 2.46. The summed E-state index contributed by atoms with van der Waals surface area (Å²) in [5.74, 6) is 1.29. The highest BCUT2D eigenvalue weighted by Gasteiger charge is 2.07. The zero-order valence-electron chi connectivity index (χ0n) is 11.5. The number of aliphatic hydroxyl groups excluding tert-OH is 1. The number of aryl methyl sites for hydroxylation is 1. The van der Waals surface area contributed by atoms with Crippen molar-refractivity contribution in [1.29, 1.82) is 0 Å². The molecule has 0 unspecified atom stereocenters. The van der Waals surface area contributed by atoms with Crippen LogP contribution in [0.1, 0.15) is 16.7 Å². The fourth-order valence-electron chi connectivity index (χ4n) is 1.85. The zero-order chi connectivity index (χ0) is 14.5. The van der Waals surface area contributed by atoms with Crippen LogP contribution < -0.4 is 9.47 Å². The molecule has 0 aromatic heterocycles. The van der Waals surface area contributed by atoms with Gasteiger partial charge in [0.05, 0.1) is 13.7 Å². The van der Waals surface area contributed by atoms with Gasteiger partial charge in [-0.2, -0.15) is 0 Å². The lowest BCUT2D eigenvalue weighted by atomic mass is 10.1. The molecule has 0 amide bonds. The van der Waals surface area contributed by atoms with Crippen LogP contribution in [0, 0.1) is 6.92 Å². The minimum absolute atomic E-state index is 0.0824. The van der Waals surface area contributed by atoms with Gasteiger partial charge in [0, 0.05) is 22.2 Å². The molecule has 0 aliphatic heterocycles. The van der Waals surface area contributed by atoms with Crippen LogP contribution in [0.5, 0.6) is 11.5 Å². The van der Waals surface area contributed by atoms with Gasteiger partial charge in [-0.15, -0.1) is 0 Å². The summed E-state index contributed by atoms with van der Waals surface area (Å²) in [4.78, 5) is 0. The van der Waals surface area contributed by atoms with Crippen LogP contribution in [0.4, 0.5) is 0 Å². The van der Waals surface area contributed by atoms with Crippen LogP contribution in [0.2, 0.25) is 5.02 Å². The summed E-state index contributed by atoms with van der Waals surface area (Å²) in [7, 11) is 1.59. The van der Waals surface area contributed by atoms with Gasteiger partial charge < -0.3 is 14.6 Å². The lowest BCUT2D eigenvalue weighted by molar-refractivity contribution is 0.258. The Morgan fingerprint density at radius 2 is 1.85 bits per heavy atom. The highest BCUT2D eigenvalue weighted by atomic mass is 35.5. The van der Waals surface area contributed by atoms with Gasteiger partial charge in [-0.3, -0.25) is 0 Å². The molecule has 2 rings (SSSR count). The van der Waals surface area contributed by atoms with E-state index in [0.717, 1.165) is 11.1 Å². The molecule has 20 heavy (non-hydrogen) atoms. The number of ether oxygens (including phenoxy) is 2. The van der Waals surface area contributed by atoms with E-state index in [2.05, 4.69) is 0 Å². The summed E-state index contributed by atoms with van der Waals surface area (Å²) in [5.41, 5.74) is 2.73. The molecule has 4 heteroatoms. The maximum Gasteiger partial charge on any atom is 0.129 e. The predicted molar refractivity (Wildman–Crippen MR) is 79.4 cm³/mol. The molecule has 0 bridgehead atoms. The smallest absolute Gasteiger partial charge is 0.129 e. The number of methoxy groups -OCH3 is 1. The first-order valence-corrected chi connectivity index (χ1v) is 6.67. The van der Waals surface area contributed by atoms with E-state index >= 15 is 0 Å². The van der Waals surface area contributed by atoms with Crippen LogP contribution in [0.15, 0.2) is 36.4 Å². The minimum atomic E-state index is -0.0824. The summed E-state index contributed by atoms with van der Waals surface area (Å²) in [6.07, 6.45) is 0. The largest absolute Gasteiger partial charge is 0.497 e. The second-order valence-corrected chi connectivity index (χ2v) is 4.92. The first kappa shape index (κ1) is 14.7. The number of aliphatic hydroxyl groups is 1. The molecule has 3 nitrogen and oxygen atoms in total. The fraction of sp³-hybridized carbons (Fsp3) is 0.250. The Labute approximate surface area is 123 Å². The van der Waals surface area contributed by atoms with Gasteiger partial charge in [0.25, 0.3) is 0 Å². The summed E-state index contributed by atoms with van der Waals surface area (Å²) >= 11 is 6.17. The maximum absolute atomic E-state index is 9.32. The third-order valence-corrected chi connectivity index (χ3v) is 3.39. The zero-order valence-corrected chi connectivity index (χ0v) is 12.3. The van der Waals surface area contributed by atoms with E-state index in [1.54, 1.807) is 25.3 Å². The molecule has 0 fully saturated rings. The first-order valence-electron chi connectivity index (χ1n) is 6.29. The summed E-state index contributed by atoms with van der Waals surface area (Å²) in [5, 5.41) is 10.0. The van der Waals surface area contributed by atoms with Crippen molar-refractivity contribution in [3.8, 4) is 11.5 Å². The number of hydrogen-bond donors (Lipinski definition) is 1. The standard InChI is InChI=1S/C16H17ClO3/c1-11-3-4-13(15(17)7-11)10-20-16-8-14(19-2)6-5-12(16)9-18/h3-8,18H,9-10H2,1-2H3. The van der Waals surface area contributed by atoms with E-state index < -0.39 is 0 Å². The fourth-order valence-corrected chi connectivity index (χ4v) is 2.14.